The molecule has 1 rings (SSSR count). The van der Waals surface area contributed by atoms with Gasteiger partial charge in [0, 0.05) is 25.3 Å². The van der Waals surface area contributed by atoms with Gasteiger partial charge in [-0.3, -0.25) is 0 Å². The van der Waals surface area contributed by atoms with Gasteiger partial charge in [-0.2, -0.15) is 0 Å². The van der Waals surface area contributed by atoms with Crippen LogP contribution in [0.2, 0.25) is 0 Å². The number of benzene rings is 1. The standard InChI is InChI=1S/C11H17FN2O/c1-8(13)10-7-9(12)3-4-11(10)14(2)5-6-15/h3-4,7-8,15H,5-6,13H2,1-2H3. The number of anilines is 1. The van der Waals surface area contributed by atoms with Crippen molar-refractivity contribution in [1.82, 2.24) is 0 Å². The van der Waals surface area contributed by atoms with Crippen LogP contribution in [0, 0.1) is 5.82 Å². The normalized spacial score (nSPS) is 12.6. The highest BCUT2D eigenvalue weighted by Crippen LogP contribution is 2.25. The number of nitrogens with two attached hydrogens (primary N) is 1. The monoisotopic (exact) mass is 212 g/mol. The van der Waals surface area contributed by atoms with Crippen LogP contribution in [0.5, 0.6) is 0 Å². The van der Waals surface area contributed by atoms with Crippen LogP contribution in [0.4, 0.5) is 10.1 Å². The van der Waals surface area contributed by atoms with Gasteiger partial charge in [0.25, 0.3) is 0 Å². The number of aliphatic hydroxyl groups excluding tert-OH is 1. The first-order valence-electron chi connectivity index (χ1n) is 4.93. The highest BCUT2D eigenvalue weighted by Gasteiger charge is 2.11. The lowest BCUT2D eigenvalue weighted by atomic mass is 10.1. The summed E-state index contributed by atoms with van der Waals surface area (Å²) in [7, 11) is 1.84. The molecule has 0 amide bonds. The summed E-state index contributed by atoms with van der Waals surface area (Å²) < 4.78 is 13.0. The molecular weight excluding hydrogens is 195 g/mol. The van der Waals surface area contributed by atoms with Crippen molar-refractivity contribution in [3.63, 3.8) is 0 Å². The van der Waals surface area contributed by atoms with Crippen molar-refractivity contribution in [1.29, 1.82) is 0 Å². The molecule has 3 nitrogen and oxygen atoms in total. The lowest BCUT2D eigenvalue weighted by Crippen LogP contribution is -2.24. The number of halogens is 1. The predicted octanol–water partition coefficient (Wildman–Crippen LogP) is 1.27. The predicted molar refractivity (Wildman–Crippen MR) is 59.4 cm³/mol. The van der Waals surface area contributed by atoms with Crippen molar-refractivity contribution >= 4 is 5.69 Å². The number of rotatable bonds is 4. The van der Waals surface area contributed by atoms with Gasteiger partial charge in [0.1, 0.15) is 5.82 Å². The van der Waals surface area contributed by atoms with Crippen LogP contribution in [0.1, 0.15) is 18.5 Å². The summed E-state index contributed by atoms with van der Waals surface area (Å²) in [5.41, 5.74) is 7.38. The minimum atomic E-state index is -0.288. The summed E-state index contributed by atoms with van der Waals surface area (Å²) in [6.45, 7) is 2.38. The second-order valence-electron chi connectivity index (χ2n) is 3.64. The fourth-order valence-electron chi connectivity index (χ4n) is 1.51. The third-order valence-electron chi connectivity index (χ3n) is 2.33. The first-order valence-corrected chi connectivity index (χ1v) is 4.93. The molecular formula is C11H17FN2O. The van der Waals surface area contributed by atoms with Gasteiger partial charge < -0.3 is 15.7 Å². The lowest BCUT2D eigenvalue weighted by molar-refractivity contribution is 0.304. The van der Waals surface area contributed by atoms with E-state index in [2.05, 4.69) is 0 Å². The summed E-state index contributed by atoms with van der Waals surface area (Å²) in [6.07, 6.45) is 0. The smallest absolute Gasteiger partial charge is 0.123 e. The van der Waals surface area contributed by atoms with E-state index in [0.717, 1.165) is 11.3 Å². The first-order chi connectivity index (χ1) is 7.06. The number of nitrogens with zero attached hydrogens (tertiary/aromatic N) is 1. The average Bonchev–Trinajstić information content (AvgIpc) is 2.17. The minimum Gasteiger partial charge on any atom is -0.395 e. The Bertz CT molecular complexity index is 328. The third-order valence-corrected chi connectivity index (χ3v) is 2.33. The molecule has 0 saturated carbocycles. The number of likely N-dealkylation sites (N-methyl/N-ethyl adjacent to an activating group) is 1. The Hall–Kier alpha value is -1.13. The molecule has 0 radical (unpaired) electrons. The zero-order valence-corrected chi connectivity index (χ0v) is 9.07. The highest BCUT2D eigenvalue weighted by atomic mass is 19.1. The molecule has 1 aromatic carbocycles. The Morgan fingerprint density at radius 3 is 2.73 bits per heavy atom. The second-order valence-corrected chi connectivity index (χ2v) is 3.64. The molecule has 3 N–H and O–H groups in total. The SMILES string of the molecule is CC(N)c1cc(F)ccc1N(C)CCO. The molecule has 0 aliphatic heterocycles. The van der Waals surface area contributed by atoms with Crippen molar-refractivity contribution in [2.75, 3.05) is 25.1 Å². The molecule has 0 saturated heterocycles. The van der Waals surface area contributed by atoms with Crippen LogP contribution in [-0.2, 0) is 0 Å². The van der Waals surface area contributed by atoms with E-state index in [-0.39, 0.29) is 18.5 Å². The molecule has 84 valence electrons. The number of hydrogen-bond donors (Lipinski definition) is 2. The molecule has 0 heterocycles. The van der Waals surface area contributed by atoms with Crippen molar-refractivity contribution in [2.45, 2.75) is 13.0 Å². The molecule has 15 heavy (non-hydrogen) atoms. The van der Waals surface area contributed by atoms with Crippen LogP contribution < -0.4 is 10.6 Å². The number of hydrogen-bond acceptors (Lipinski definition) is 3. The topological polar surface area (TPSA) is 49.5 Å². The average molecular weight is 212 g/mol. The Morgan fingerprint density at radius 2 is 2.20 bits per heavy atom. The van der Waals surface area contributed by atoms with Crippen molar-refractivity contribution < 1.29 is 9.50 Å². The molecule has 0 aliphatic rings. The largest absolute Gasteiger partial charge is 0.395 e. The summed E-state index contributed by atoms with van der Waals surface area (Å²) in [4.78, 5) is 1.86. The van der Waals surface area contributed by atoms with E-state index in [0.29, 0.717) is 6.54 Å². The Kier molecular flexibility index (Phi) is 4.05. The van der Waals surface area contributed by atoms with E-state index in [4.69, 9.17) is 10.8 Å². The Balaban J connectivity index is 3.05. The molecule has 0 spiro atoms. The zero-order chi connectivity index (χ0) is 11.4. The van der Waals surface area contributed by atoms with Gasteiger partial charge in [-0.05, 0) is 30.7 Å². The Morgan fingerprint density at radius 1 is 1.53 bits per heavy atom. The minimum absolute atomic E-state index is 0.0618. The van der Waals surface area contributed by atoms with Crippen LogP contribution in [0.15, 0.2) is 18.2 Å². The summed E-state index contributed by atoms with van der Waals surface area (Å²) in [6, 6.07) is 4.30. The van der Waals surface area contributed by atoms with Crippen LogP contribution in [-0.4, -0.2) is 25.3 Å². The van der Waals surface area contributed by atoms with Gasteiger partial charge in [0.15, 0.2) is 0 Å². The van der Waals surface area contributed by atoms with E-state index in [1.807, 2.05) is 18.9 Å². The van der Waals surface area contributed by atoms with Crippen LogP contribution in [0.3, 0.4) is 0 Å². The van der Waals surface area contributed by atoms with Gasteiger partial charge >= 0.3 is 0 Å². The number of aliphatic hydroxyl groups is 1. The summed E-state index contributed by atoms with van der Waals surface area (Å²) >= 11 is 0. The fraction of sp³-hybridized carbons (Fsp3) is 0.455. The fourth-order valence-corrected chi connectivity index (χ4v) is 1.51. The Labute approximate surface area is 89.3 Å². The second kappa shape index (κ2) is 5.09. The molecule has 1 aromatic rings. The third kappa shape index (κ3) is 2.91. The van der Waals surface area contributed by atoms with E-state index in [1.54, 1.807) is 6.07 Å². The maximum atomic E-state index is 13.0. The van der Waals surface area contributed by atoms with E-state index in [1.165, 1.54) is 12.1 Å². The van der Waals surface area contributed by atoms with Gasteiger partial charge in [-0.15, -0.1) is 0 Å². The molecule has 0 fully saturated rings. The molecule has 0 bridgehead atoms. The lowest BCUT2D eigenvalue weighted by Gasteiger charge is -2.23. The van der Waals surface area contributed by atoms with E-state index < -0.39 is 0 Å². The van der Waals surface area contributed by atoms with Gasteiger partial charge in [-0.25, -0.2) is 4.39 Å². The van der Waals surface area contributed by atoms with E-state index >= 15 is 0 Å². The maximum absolute atomic E-state index is 13.0. The maximum Gasteiger partial charge on any atom is 0.123 e. The molecule has 1 unspecified atom stereocenters. The van der Waals surface area contributed by atoms with Crippen LogP contribution in [0.25, 0.3) is 0 Å². The van der Waals surface area contributed by atoms with Crippen LogP contribution >= 0.6 is 0 Å². The van der Waals surface area contributed by atoms with Crippen molar-refractivity contribution in [2.24, 2.45) is 5.73 Å². The van der Waals surface area contributed by atoms with Gasteiger partial charge in [0.05, 0.1) is 6.61 Å². The summed E-state index contributed by atoms with van der Waals surface area (Å²) in [5, 5.41) is 8.84. The molecule has 0 aromatic heterocycles. The summed E-state index contributed by atoms with van der Waals surface area (Å²) in [5.74, 6) is -0.288. The molecule has 4 heteroatoms. The highest BCUT2D eigenvalue weighted by molar-refractivity contribution is 5.54. The first kappa shape index (κ1) is 11.9. The van der Waals surface area contributed by atoms with Gasteiger partial charge in [-0.1, -0.05) is 0 Å². The van der Waals surface area contributed by atoms with Crippen molar-refractivity contribution in [3.05, 3.63) is 29.6 Å². The molecule has 0 aliphatic carbocycles. The zero-order valence-electron chi connectivity index (χ0n) is 9.07. The van der Waals surface area contributed by atoms with E-state index in [9.17, 15) is 4.39 Å². The van der Waals surface area contributed by atoms with Gasteiger partial charge in [0.2, 0.25) is 0 Å². The van der Waals surface area contributed by atoms with Crippen molar-refractivity contribution in [3.8, 4) is 0 Å². The molecule has 1 atom stereocenters. The quantitative estimate of drug-likeness (QED) is 0.790.